The highest BCUT2D eigenvalue weighted by Crippen LogP contribution is 2.23. The molecule has 0 bridgehead atoms. The van der Waals surface area contributed by atoms with Crippen molar-refractivity contribution in [1.29, 1.82) is 5.26 Å². The smallest absolute Gasteiger partial charge is 0.253 e. The monoisotopic (exact) mass is 452 g/mol. The molecule has 10 nitrogen and oxygen atoms in total. The highest BCUT2D eigenvalue weighted by atomic mass is 16.2. The van der Waals surface area contributed by atoms with Crippen molar-refractivity contribution in [3.8, 4) is 17.5 Å². The normalized spacial score (nSPS) is 13.6. The van der Waals surface area contributed by atoms with Crippen LogP contribution in [0.2, 0.25) is 0 Å². The highest BCUT2D eigenvalue weighted by molar-refractivity contribution is 6.04. The van der Waals surface area contributed by atoms with Crippen molar-refractivity contribution >= 4 is 28.8 Å². The van der Waals surface area contributed by atoms with E-state index >= 15 is 0 Å². The number of para-hydroxylation sites is 1. The zero-order valence-electron chi connectivity index (χ0n) is 18.1. The Balaban J connectivity index is 1.27. The number of carbonyl (C=O) groups excluding carboxylic acids is 2. The Morgan fingerprint density at radius 2 is 1.71 bits per heavy atom. The molecule has 0 atom stereocenters. The zero-order chi connectivity index (χ0) is 23.7. The van der Waals surface area contributed by atoms with E-state index in [0.29, 0.717) is 60.2 Å². The van der Waals surface area contributed by atoms with E-state index in [1.165, 1.54) is 12.4 Å². The van der Waals surface area contributed by atoms with E-state index in [1.54, 1.807) is 29.2 Å². The third kappa shape index (κ3) is 3.91. The lowest BCUT2D eigenvalue weighted by Gasteiger charge is -2.34. The van der Waals surface area contributed by atoms with Crippen LogP contribution in [-0.2, 0) is 0 Å². The second-order valence-electron chi connectivity index (χ2n) is 7.89. The molecule has 34 heavy (non-hydrogen) atoms. The van der Waals surface area contributed by atoms with E-state index in [9.17, 15) is 9.59 Å². The molecule has 5 rings (SSSR count). The number of hydrogen-bond acceptors (Lipinski definition) is 7. The second-order valence-corrected chi connectivity index (χ2v) is 7.89. The van der Waals surface area contributed by atoms with Crippen LogP contribution in [0.15, 0.2) is 54.9 Å². The number of rotatable bonds is 4. The number of nitrogens with zero attached hydrogens (tertiary/aromatic N) is 6. The van der Waals surface area contributed by atoms with Crippen molar-refractivity contribution in [3.05, 3.63) is 71.5 Å². The summed E-state index contributed by atoms with van der Waals surface area (Å²) in [6.45, 7) is 2.31. The number of fused-ring (bicyclic) bond motifs is 1. The van der Waals surface area contributed by atoms with Crippen LogP contribution in [0.5, 0.6) is 0 Å². The molecule has 2 amide bonds. The van der Waals surface area contributed by atoms with E-state index in [0.717, 1.165) is 11.1 Å². The Morgan fingerprint density at radius 3 is 2.35 bits per heavy atom. The largest absolute Gasteiger partial charge is 0.366 e. The number of hydrogen-bond donors (Lipinski definition) is 2. The van der Waals surface area contributed by atoms with Crippen LogP contribution in [0.1, 0.15) is 26.3 Å². The van der Waals surface area contributed by atoms with Crippen LogP contribution in [-0.4, -0.2) is 62.8 Å². The second kappa shape index (κ2) is 8.63. The van der Waals surface area contributed by atoms with Gasteiger partial charge in [-0.05, 0) is 24.3 Å². The molecule has 1 fully saturated rings. The molecule has 3 heterocycles. The number of anilines is 1. The number of H-pyrrole nitrogens is 1. The molecule has 168 valence electrons. The summed E-state index contributed by atoms with van der Waals surface area (Å²) in [7, 11) is 0. The third-order valence-electron chi connectivity index (χ3n) is 5.80. The Bertz CT molecular complexity index is 1410. The molecule has 0 unspecified atom stereocenters. The molecular formula is C24H20N8O2. The molecular weight excluding hydrogens is 432 g/mol. The molecule has 2 aromatic carbocycles. The van der Waals surface area contributed by atoms with Crippen LogP contribution in [0.25, 0.3) is 22.4 Å². The van der Waals surface area contributed by atoms with Crippen molar-refractivity contribution in [3.63, 3.8) is 0 Å². The number of nitrogens with two attached hydrogens (primary N) is 1. The van der Waals surface area contributed by atoms with Crippen LogP contribution in [0.4, 0.5) is 5.95 Å². The minimum absolute atomic E-state index is 0.0485. The first-order valence-electron chi connectivity index (χ1n) is 10.7. The van der Waals surface area contributed by atoms with Gasteiger partial charge in [0, 0.05) is 37.3 Å². The number of amides is 2. The summed E-state index contributed by atoms with van der Waals surface area (Å²) >= 11 is 0. The van der Waals surface area contributed by atoms with E-state index in [2.05, 4.69) is 19.9 Å². The number of carbonyl (C=O) groups is 2. The molecule has 0 aliphatic carbocycles. The summed E-state index contributed by atoms with van der Waals surface area (Å²) in [5, 5.41) is 8.88. The van der Waals surface area contributed by atoms with Gasteiger partial charge >= 0.3 is 0 Å². The van der Waals surface area contributed by atoms with Gasteiger partial charge in [0.15, 0.2) is 0 Å². The Morgan fingerprint density at radius 1 is 1.00 bits per heavy atom. The van der Waals surface area contributed by atoms with Gasteiger partial charge in [-0.15, -0.1) is 0 Å². The number of imidazole rings is 1. The van der Waals surface area contributed by atoms with Gasteiger partial charge in [-0.1, -0.05) is 18.2 Å². The first-order chi connectivity index (χ1) is 16.5. The van der Waals surface area contributed by atoms with Crippen molar-refractivity contribution < 1.29 is 9.59 Å². The summed E-state index contributed by atoms with van der Waals surface area (Å²) in [4.78, 5) is 44.6. The SMILES string of the molecule is N#Cc1cnc(N2CCN(C(=O)c3ccc(-c4nc5c(C(N)=O)cccc5[nH]4)cc3)CC2)nc1. The molecule has 2 aromatic heterocycles. The minimum atomic E-state index is -0.532. The molecule has 0 saturated carbocycles. The summed E-state index contributed by atoms with van der Waals surface area (Å²) in [5.74, 6) is 0.572. The Kier molecular flexibility index (Phi) is 5.35. The highest BCUT2D eigenvalue weighted by Gasteiger charge is 2.23. The van der Waals surface area contributed by atoms with E-state index in [-0.39, 0.29) is 5.91 Å². The number of aromatic amines is 1. The fourth-order valence-corrected chi connectivity index (χ4v) is 3.97. The molecule has 1 aliphatic rings. The predicted molar refractivity (Wildman–Crippen MR) is 125 cm³/mol. The lowest BCUT2D eigenvalue weighted by Crippen LogP contribution is -2.49. The van der Waals surface area contributed by atoms with Crippen LogP contribution in [0.3, 0.4) is 0 Å². The van der Waals surface area contributed by atoms with Gasteiger partial charge < -0.3 is 20.5 Å². The Hall–Kier alpha value is -4.78. The molecule has 0 spiro atoms. The van der Waals surface area contributed by atoms with Gasteiger partial charge in [0.1, 0.15) is 17.4 Å². The third-order valence-corrected chi connectivity index (χ3v) is 5.80. The summed E-state index contributed by atoms with van der Waals surface area (Å²) in [6, 6.07) is 14.4. The van der Waals surface area contributed by atoms with E-state index < -0.39 is 5.91 Å². The first kappa shape index (κ1) is 21.1. The standard InChI is InChI=1S/C24H20N8O2/c25-12-15-13-27-24(28-14-15)32-10-8-31(9-11-32)23(34)17-6-4-16(5-7-17)22-29-19-3-1-2-18(21(26)33)20(19)30-22/h1-7,13-14H,8-11H2,(H2,26,33)(H,29,30). The fourth-order valence-electron chi connectivity index (χ4n) is 3.97. The number of nitrogens with one attached hydrogen (secondary N) is 1. The van der Waals surface area contributed by atoms with E-state index in [4.69, 9.17) is 11.0 Å². The van der Waals surface area contributed by atoms with Crippen LogP contribution in [0, 0.1) is 11.3 Å². The number of piperazine rings is 1. The average Bonchev–Trinajstić information content (AvgIpc) is 3.33. The van der Waals surface area contributed by atoms with Crippen LogP contribution >= 0.6 is 0 Å². The lowest BCUT2D eigenvalue weighted by molar-refractivity contribution is 0.0746. The number of nitriles is 1. The summed E-state index contributed by atoms with van der Waals surface area (Å²) in [5.41, 5.74) is 8.84. The van der Waals surface area contributed by atoms with Gasteiger partial charge in [-0.2, -0.15) is 5.26 Å². The molecule has 0 radical (unpaired) electrons. The topological polar surface area (TPSA) is 145 Å². The van der Waals surface area contributed by atoms with Gasteiger partial charge in [-0.25, -0.2) is 15.0 Å². The maximum Gasteiger partial charge on any atom is 0.253 e. The number of primary amides is 1. The summed E-state index contributed by atoms with van der Waals surface area (Å²) in [6.07, 6.45) is 3.00. The van der Waals surface area contributed by atoms with Gasteiger partial charge in [0.2, 0.25) is 5.95 Å². The summed E-state index contributed by atoms with van der Waals surface area (Å²) < 4.78 is 0. The maximum absolute atomic E-state index is 13.0. The predicted octanol–water partition coefficient (Wildman–Crippen LogP) is 1.95. The van der Waals surface area contributed by atoms with E-state index in [1.807, 2.05) is 29.2 Å². The number of benzene rings is 2. The molecule has 3 N–H and O–H groups in total. The van der Waals surface area contributed by atoms with Crippen LogP contribution < -0.4 is 10.6 Å². The van der Waals surface area contributed by atoms with Crippen molar-refractivity contribution in [1.82, 2.24) is 24.8 Å². The quantitative estimate of drug-likeness (QED) is 0.481. The molecule has 4 aromatic rings. The lowest BCUT2D eigenvalue weighted by atomic mass is 10.1. The fraction of sp³-hybridized carbons (Fsp3) is 0.167. The molecule has 1 saturated heterocycles. The van der Waals surface area contributed by atoms with Crippen molar-refractivity contribution in [2.24, 2.45) is 5.73 Å². The number of aromatic nitrogens is 4. The average molecular weight is 452 g/mol. The van der Waals surface area contributed by atoms with Gasteiger partial charge in [-0.3, -0.25) is 9.59 Å². The van der Waals surface area contributed by atoms with Gasteiger partial charge in [0.05, 0.1) is 29.0 Å². The minimum Gasteiger partial charge on any atom is -0.366 e. The Labute approximate surface area is 194 Å². The van der Waals surface area contributed by atoms with Crippen molar-refractivity contribution in [2.75, 3.05) is 31.1 Å². The zero-order valence-corrected chi connectivity index (χ0v) is 18.1. The molecule has 1 aliphatic heterocycles. The first-order valence-corrected chi connectivity index (χ1v) is 10.7. The van der Waals surface area contributed by atoms with Crippen molar-refractivity contribution in [2.45, 2.75) is 0 Å². The maximum atomic E-state index is 13.0. The van der Waals surface area contributed by atoms with Gasteiger partial charge in [0.25, 0.3) is 11.8 Å². The molecule has 10 heteroatoms.